The van der Waals surface area contributed by atoms with E-state index in [-0.39, 0.29) is 5.97 Å². The molecule has 1 heterocycles. The minimum Gasteiger partial charge on any atom is -0.469 e. The van der Waals surface area contributed by atoms with Crippen molar-refractivity contribution >= 4 is 5.97 Å². The maximum absolute atomic E-state index is 11.2. The standard InChI is InChI=1S/C14H19N3O3/c1-19-9-8-17(7-5-14(18)20-2)11-12-4-3-6-16-13(12)10-15/h3-4,6H,5,7-9,11H2,1-2H3. The van der Waals surface area contributed by atoms with Crippen molar-refractivity contribution in [2.75, 3.05) is 33.9 Å². The number of hydrogen-bond donors (Lipinski definition) is 0. The third-order valence-corrected chi connectivity index (χ3v) is 2.86. The van der Waals surface area contributed by atoms with Gasteiger partial charge in [-0.05, 0) is 6.07 Å². The highest BCUT2D eigenvalue weighted by Crippen LogP contribution is 2.09. The number of aromatic nitrogens is 1. The highest BCUT2D eigenvalue weighted by atomic mass is 16.5. The van der Waals surface area contributed by atoms with Crippen LogP contribution in [0.1, 0.15) is 17.7 Å². The van der Waals surface area contributed by atoms with Crippen LogP contribution in [0.3, 0.4) is 0 Å². The van der Waals surface area contributed by atoms with Gasteiger partial charge in [-0.15, -0.1) is 0 Å². The quantitative estimate of drug-likeness (QED) is 0.659. The van der Waals surface area contributed by atoms with Crippen molar-refractivity contribution in [3.05, 3.63) is 29.6 Å². The Morgan fingerprint density at radius 1 is 1.45 bits per heavy atom. The van der Waals surface area contributed by atoms with Crippen LogP contribution < -0.4 is 0 Å². The molecule has 0 bridgehead atoms. The van der Waals surface area contributed by atoms with Crippen LogP contribution in [0.2, 0.25) is 0 Å². The van der Waals surface area contributed by atoms with Crippen LogP contribution in [0.4, 0.5) is 0 Å². The van der Waals surface area contributed by atoms with Gasteiger partial charge in [0.25, 0.3) is 0 Å². The SMILES string of the molecule is COCCN(CCC(=O)OC)Cc1cccnc1C#N. The second-order valence-corrected chi connectivity index (χ2v) is 4.22. The van der Waals surface area contributed by atoms with Gasteiger partial charge in [0.05, 0.1) is 20.1 Å². The average Bonchev–Trinajstić information content (AvgIpc) is 2.49. The minimum atomic E-state index is -0.251. The lowest BCUT2D eigenvalue weighted by Crippen LogP contribution is -2.30. The summed E-state index contributed by atoms with van der Waals surface area (Å²) in [5, 5.41) is 9.03. The molecule has 108 valence electrons. The first-order valence-electron chi connectivity index (χ1n) is 6.33. The Labute approximate surface area is 118 Å². The molecule has 0 amide bonds. The van der Waals surface area contributed by atoms with Crippen LogP contribution in [0.15, 0.2) is 18.3 Å². The molecule has 20 heavy (non-hydrogen) atoms. The Hall–Kier alpha value is -1.97. The molecular weight excluding hydrogens is 258 g/mol. The first-order chi connectivity index (χ1) is 9.71. The number of nitrogens with zero attached hydrogens (tertiary/aromatic N) is 3. The molecule has 0 aliphatic carbocycles. The highest BCUT2D eigenvalue weighted by Gasteiger charge is 2.11. The number of hydrogen-bond acceptors (Lipinski definition) is 6. The molecule has 0 aromatic carbocycles. The monoisotopic (exact) mass is 277 g/mol. The zero-order valence-electron chi connectivity index (χ0n) is 11.8. The summed E-state index contributed by atoms with van der Waals surface area (Å²) >= 11 is 0. The molecule has 0 unspecified atom stereocenters. The number of rotatable bonds is 8. The molecule has 0 aliphatic rings. The summed E-state index contributed by atoms with van der Waals surface area (Å²) in [6.07, 6.45) is 1.90. The van der Waals surface area contributed by atoms with Crippen LogP contribution >= 0.6 is 0 Å². The minimum absolute atomic E-state index is 0.251. The van der Waals surface area contributed by atoms with E-state index in [1.54, 1.807) is 19.4 Å². The van der Waals surface area contributed by atoms with Gasteiger partial charge in [0.2, 0.25) is 0 Å². The maximum Gasteiger partial charge on any atom is 0.306 e. The molecule has 6 nitrogen and oxygen atoms in total. The normalized spacial score (nSPS) is 10.3. The molecule has 1 aromatic heterocycles. The molecule has 1 aromatic rings. The lowest BCUT2D eigenvalue weighted by molar-refractivity contribution is -0.141. The summed E-state index contributed by atoms with van der Waals surface area (Å²) in [4.78, 5) is 17.3. The fourth-order valence-electron chi connectivity index (χ4n) is 1.75. The third-order valence-electron chi connectivity index (χ3n) is 2.86. The fraction of sp³-hybridized carbons (Fsp3) is 0.500. The van der Waals surface area contributed by atoms with Crippen molar-refractivity contribution in [2.24, 2.45) is 0 Å². The number of pyridine rings is 1. The lowest BCUT2D eigenvalue weighted by atomic mass is 10.2. The maximum atomic E-state index is 11.2. The van der Waals surface area contributed by atoms with Crippen molar-refractivity contribution in [1.82, 2.24) is 9.88 Å². The molecule has 1 rings (SSSR count). The van der Waals surface area contributed by atoms with E-state index >= 15 is 0 Å². The van der Waals surface area contributed by atoms with Gasteiger partial charge in [-0.2, -0.15) is 5.26 Å². The molecule has 0 radical (unpaired) electrons. The number of ether oxygens (including phenoxy) is 2. The van der Waals surface area contributed by atoms with Crippen LogP contribution in [-0.2, 0) is 20.8 Å². The van der Waals surface area contributed by atoms with Crippen molar-refractivity contribution < 1.29 is 14.3 Å². The Morgan fingerprint density at radius 3 is 2.90 bits per heavy atom. The zero-order valence-corrected chi connectivity index (χ0v) is 11.8. The van der Waals surface area contributed by atoms with Gasteiger partial charge in [-0.25, -0.2) is 4.98 Å². The Kier molecular flexibility index (Phi) is 7.25. The van der Waals surface area contributed by atoms with Crippen LogP contribution in [0, 0.1) is 11.3 Å². The number of methoxy groups -OCH3 is 2. The van der Waals surface area contributed by atoms with Gasteiger partial charge in [-0.1, -0.05) is 6.07 Å². The Balaban J connectivity index is 2.68. The average molecular weight is 277 g/mol. The van der Waals surface area contributed by atoms with Gasteiger partial charge in [0, 0.05) is 38.5 Å². The number of esters is 1. The van der Waals surface area contributed by atoms with Gasteiger partial charge < -0.3 is 9.47 Å². The predicted molar refractivity (Wildman–Crippen MR) is 72.7 cm³/mol. The molecule has 0 saturated heterocycles. The van der Waals surface area contributed by atoms with Crippen molar-refractivity contribution in [3.8, 4) is 6.07 Å². The smallest absolute Gasteiger partial charge is 0.306 e. The van der Waals surface area contributed by atoms with Gasteiger partial charge in [0.1, 0.15) is 11.8 Å². The predicted octanol–water partition coefficient (Wildman–Crippen LogP) is 0.965. The van der Waals surface area contributed by atoms with Crippen LogP contribution in [0.25, 0.3) is 0 Å². The van der Waals surface area contributed by atoms with E-state index in [0.717, 1.165) is 5.56 Å². The summed E-state index contributed by atoms with van der Waals surface area (Å²) in [6, 6.07) is 5.73. The summed E-state index contributed by atoms with van der Waals surface area (Å²) in [5.41, 5.74) is 1.25. The highest BCUT2D eigenvalue weighted by molar-refractivity contribution is 5.69. The Morgan fingerprint density at radius 2 is 2.25 bits per heavy atom. The number of carbonyl (C=O) groups excluding carboxylic acids is 1. The van der Waals surface area contributed by atoms with Crippen molar-refractivity contribution in [3.63, 3.8) is 0 Å². The van der Waals surface area contributed by atoms with E-state index in [4.69, 9.17) is 10.00 Å². The summed E-state index contributed by atoms with van der Waals surface area (Å²) in [5.74, 6) is -0.251. The van der Waals surface area contributed by atoms with E-state index in [0.29, 0.717) is 38.4 Å². The summed E-state index contributed by atoms with van der Waals surface area (Å²) in [7, 11) is 3.00. The second kappa shape index (κ2) is 9.02. The zero-order chi connectivity index (χ0) is 14.8. The molecule has 0 saturated carbocycles. The summed E-state index contributed by atoms with van der Waals surface area (Å²) < 4.78 is 9.70. The number of carbonyl (C=O) groups is 1. The molecular formula is C14H19N3O3. The van der Waals surface area contributed by atoms with E-state index in [1.165, 1.54) is 7.11 Å². The van der Waals surface area contributed by atoms with Gasteiger partial charge >= 0.3 is 5.97 Å². The van der Waals surface area contributed by atoms with E-state index < -0.39 is 0 Å². The van der Waals surface area contributed by atoms with Crippen molar-refractivity contribution in [2.45, 2.75) is 13.0 Å². The van der Waals surface area contributed by atoms with E-state index in [2.05, 4.69) is 15.8 Å². The molecule has 0 atom stereocenters. The largest absolute Gasteiger partial charge is 0.469 e. The van der Waals surface area contributed by atoms with Crippen molar-refractivity contribution in [1.29, 1.82) is 5.26 Å². The molecule has 6 heteroatoms. The first kappa shape index (κ1) is 16.1. The lowest BCUT2D eigenvalue weighted by Gasteiger charge is -2.21. The van der Waals surface area contributed by atoms with Crippen LogP contribution in [0.5, 0.6) is 0 Å². The number of nitriles is 1. The van der Waals surface area contributed by atoms with Gasteiger partial charge in [0.15, 0.2) is 0 Å². The fourth-order valence-corrected chi connectivity index (χ4v) is 1.75. The Bertz CT molecular complexity index is 471. The van der Waals surface area contributed by atoms with E-state index in [9.17, 15) is 4.79 Å². The van der Waals surface area contributed by atoms with Crippen LogP contribution in [-0.4, -0.2) is 49.8 Å². The van der Waals surface area contributed by atoms with Gasteiger partial charge in [-0.3, -0.25) is 9.69 Å². The third kappa shape index (κ3) is 5.34. The second-order valence-electron chi connectivity index (χ2n) is 4.22. The van der Waals surface area contributed by atoms with E-state index in [1.807, 2.05) is 11.0 Å². The molecule has 0 aliphatic heterocycles. The summed E-state index contributed by atoms with van der Waals surface area (Å²) in [6.45, 7) is 2.34. The molecule has 0 fully saturated rings. The molecule has 0 spiro atoms. The first-order valence-corrected chi connectivity index (χ1v) is 6.33. The topological polar surface area (TPSA) is 75.4 Å². The molecule has 0 N–H and O–H groups in total.